The number of hydrogen-bond acceptors (Lipinski definition) is 4. The van der Waals surface area contributed by atoms with E-state index in [4.69, 9.17) is 5.73 Å². The Labute approximate surface area is 126 Å². The Bertz CT molecular complexity index is 470. The second-order valence-corrected chi connectivity index (χ2v) is 5.09. The first-order valence-electron chi connectivity index (χ1n) is 7.15. The second-order valence-electron chi connectivity index (χ2n) is 5.09. The van der Waals surface area contributed by atoms with Gasteiger partial charge in [-0.2, -0.15) is 0 Å². The summed E-state index contributed by atoms with van der Waals surface area (Å²) in [6, 6.07) is 9.51. The fraction of sp³-hybridized carbons (Fsp3) is 0.500. The molecule has 0 aliphatic rings. The number of carbonyl (C=O) groups is 2. The number of amides is 1. The third-order valence-corrected chi connectivity index (χ3v) is 3.74. The average Bonchev–Trinajstić information content (AvgIpc) is 2.53. The summed E-state index contributed by atoms with van der Waals surface area (Å²) in [4.78, 5) is 25.7. The predicted molar refractivity (Wildman–Crippen MR) is 81.4 cm³/mol. The van der Waals surface area contributed by atoms with Crippen molar-refractivity contribution in [1.82, 2.24) is 4.90 Å². The van der Waals surface area contributed by atoms with Gasteiger partial charge in [-0.15, -0.1) is 0 Å². The summed E-state index contributed by atoms with van der Waals surface area (Å²) < 4.78 is 4.67. The van der Waals surface area contributed by atoms with E-state index < -0.39 is 11.5 Å². The van der Waals surface area contributed by atoms with Gasteiger partial charge in [-0.1, -0.05) is 44.2 Å². The fourth-order valence-electron chi connectivity index (χ4n) is 2.09. The first-order chi connectivity index (χ1) is 9.96. The maximum atomic E-state index is 12.7. The van der Waals surface area contributed by atoms with Crippen molar-refractivity contribution in [2.24, 2.45) is 5.73 Å². The Morgan fingerprint density at radius 2 is 1.76 bits per heavy atom. The molecule has 0 aliphatic carbocycles. The maximum absolute atomic E-state index is 12.7. The first-order valence-corrected chi connectivity index (χ1v) is 7.15. The van der Waals surface area contributed by atoms with Crippen molar-refractivity contribution >= 4 is 11.9 Å². The van der Waals surface area contributed by atoms with Gasteiger partial charge in [0.15, 0.2) is 0 Å². The van der Waals surface area contributed by atoms with Crippen LogP contribution in [0.5, 0.6) is 0 Å². The third-order valence-electron chi connectivity index (χ3n) is 3.74. The summed E-state index contributed by atoms with van der Waals surface area (Å²) in [6.45, 7) is 4.00. The lowest BCUT2D eigenvalue weighted by atomic mass is 9.92. The number of ether oxygens (including phenoxy) is 1. The standard InChI is InChI=1S/C16H24N2O3/c1-4-16(17,5-2)15(20)18(12-14(19)21-3)11-13-9-7-6-8-10-13/h6-10H,4-5,11-12,17H2,1-3H3. The summed E-state index contributed by atoms with van der Waals surface area (Å²) in [6.07, 6.45) is 1.05. The zero-order chi connectivity index (χ0) is 15.9. The Morgan fingerprint density at radius 3 is 2.24 bits per heavy atom. The molecule has 0 spiro atoms. The number of hydrogen-bond donors (Lipinski definition) is 1. The van der Waals surface area contributed by atoms with E-state index in [9.17, 15) is 9.59 Å². The molecule has 2 N–H and O–H groups in total. The summed E-state index contributed by atoms with van der Waals surface area (Å²) >= 11 is 0. The number of rotatable bonds is 7. The van der Waals surface area contributed by atoms with E-state index >= 15 is 0 Å². The molecule has 0 bridgehead atoms. The topological polar surface area (TPSA) is 72.6 Å². The van der Waals surface area contributed by atoms with Crippen molar-refractivity contribution in [3.63, 3.8) is 0 Å². The molecular weight excluding hydrogens is 268 g/mol. The third kappa shape index (κ3) is 4.56. The van der Waals surface area contributed by atoms with E-state index in [1.165, 1.54) is 12.0 Å². The van der Waals surface area contributed by atoms with Gasteiger partial charge in [0, 0.05) is 6.54 Å². The van der Waals surface area contributed by atoms with E-state index in [0.29, 0.717) is 19.4 Å². The lowest BCUT2D eigenvalue weighted by Crippen LogP contribution is -2.55. The lowest BCUT2D eigenvalue weighted by molar-refractivity contribution is -0.149. The van der Waals surface area contributed by atoms with Crippen LogP contribution < -0.4 is 5.73 Å². The fourth-order valence-corrected chi connectivity index (χ4v) is 2.09. The number of carbonyl (C=O) groups excluding carboxylic acids is 2. The largest absolute Gasteiger partial charge is 0.468 e. The molecular formula is C16H24N2O3. The van der Waals surface area contributed by atoms with Crippen molar-refractivity contribution in [2.75, 3.05) is 13.7 Å². The highest BCUT2D eigenvalue weighted by atomic mass is 16.5. The van der Waals surface area contributed by atoms with Crippen LogP contribution in [-0.4, -0.2) is 36.0 Å². The molecule has 0 saturated carbocycles. The van der Waals surface area contributed by atoms with E-state index in [-0.39, 0.29) is 12.5 Å². The number of nitrogens with two attached hydrogens (primary N) is 1. The Morgan fingerprint density at radius 1 is 1.19 bits per heavy atom. The van der Waals surface area contributed by atoms with Gasteiger partial charge in [-0.3, -0.25) is 9.59 Å². The maximum Gasteiger partial charge on any atom is 0.325 e. The van der Waals surface area contributed by atoms with Crippen molar-refractivity contribution in [1.29, 1.82) is 0 Å². The lowest BCUT2D eigenvalue weighted by Gasteiger charge is -2.32. The Kier molecular flexibility index (Phi) is 6.37. The Balaban J connectivity index is 2.96. The molecule has 116 valence electrons. The van der Waals surface area contributed by atoms with Crippen molar-refractivity contribution in [3.05, 3.63) is 35.9 Å². The molecule has 0 aliphatic heterocycles. The van der Waals surface area contributed by atoms with Gasteiger partial charge in [0.05, 0.1) is 12.6 Å². The molecule has 0 unspecified atom stereocenters. The zero-order valence-corrected chi connectivity index (χ0v) is 13.0. The van der Waals surface area contributed by atoms with Gasteiger partial charge in [0.1, 0.15) is 6.54 Å². The minimum Gasteiger partial charge on any atom is -0.468 e. The van der Waals surface area contributed by atoms with Gasteiger partial charge in [0.2, 0.25) is 5.91 Å². The molecule has 1 amide bonds. The molecule has 5 heteroatoms. The SMILES string of the molecule is CCC(N)(CC)C(=O)N(CC(=O)OC)Cc1ccccc1. The molecule has 1 rings (SSSR count). The number of esters is 1. The van der Waals surface area contributed by atoms with Crippen LogP contribution in [0.3, 0.4) is 0 Å². The molecule has 0 fully saturated rings. The average molecular weight is 292 g/mol. The van der Waals surface area contributed by atoms with Crippen LogP contribution in [0.25, 0.3) is 0 Å². The normalized spacial score (nSPS) is 11.0. The first kappa shape index (κ1) is 17.2. The van der Waals surface area contributed by atoms with Gasteiger partial charge in [-0.25, -0.2) is 0 Å². The summed E-state index contributed by atoms with van der Waals surface area (Å²) in [7, 11) is 1.31. The van der Waals surface area contributed by atoms with Crippen LogP contribution in [-0.2, 0) is 20.9 Å². The molecule has 0 heterocycles. The van der Waals surface area contributed by atoms with E-state index in [1.54, 1.807) is 0 Å². The molecule has 1 aromatic rings. The van der Waals surface area contributed by atoms with Crippen molar-refractivity contribution < 1.29 is 14.3 Å². The monoisotopic (exact) mass is 292 g/mol. The van der Waals surface area contributed by atoms with Gasteiger partial charge >= 0.3 is 5.97 Å². The van der Waals surface area contributed by atoms with Crippen LogP contribution in [0, 0.1) is 0 Å². The van der Waals surface area contributed by atoms with E-state index in [0.717, 1.165) is 5.56 Å². The summed E-state index contributed by atoms with van der Waals surface area (Å²) in [5.41, 5.74) is 6.18. The second kappa shape index (κ2) is 7.78. The summed E-state index contributed by atoms with van der Waals surface area (Å²) in [5, 5.41) is 0. The van der Waals surface area contributed by atoms with Crippen molar-refractivity contribution in [2.45, 2.75) is 38.8 Å². The zero-order valence-electron chi connectivity index (χ0n) is 13.0. The molecule has 1 aromatic carbocycles. The van der Waals surface area contributed by atoms with Crippen LogP contribution in [0.15, 0.2) is 30.3 Å². The quantitative estimate of drug-likeness (QED) is 0.776. The minimum absolute atomic E-state index is 0.0941. The van der Waals surface area contributed by atoms with Crippen molar-refractivity contribution in [3.8, 4) is 0 Å². The molecule has 21 heavy (non-hydrogen) atoms. The number of benzene rings is 1. The highest BCUT2D eigenvalue weighted by molar-refractivity contribution is 5.89. The van der Waals surface area contributed by atoms with Gasteiger partial charge in [0.25, 0.3) is 0 Å². The predicted octanol–water partition coefficient (Wildman–Crippen LogP) is 1.71. The van der Waals surface area contributed by atoms with E-state index in [2.05, 4.69) is 4.74 Å². The highest BCUT2D eigenvalue weighted by Crippen LogP contribution is 2.17. The van der Waals surface area contributed by atoms with Gasteiger partial charge in [-0.05, 0) is 18.4 Å². The Hall–Kier alpha value is -1.88. The molecule has 0 radical (unpaired) electrons. The minimum atomic E-state index is -0.942. The van der Waals surface area contributed by atoms with Crippen LogP contribution >= 0.6 is 0 Å². The molecule has 0 aromatic heterocycles. The smallest absolute Gasteiger partial charge is 0.325 e. The highest BCUT2D eigenvalue weighted by Gasteiger charge is 2.35. The summed E-state index contributed by atoms with van der Waals surface area (Å²) in [5.74, 6) is -0.671. The van der Waals surface area contributed by atoms with Crippen LogP contribution in [0.4, 0.5) is 0 Å². The number of methoxy groups -OCH3 is 1. The van der Waals surface area contributed by atoms with E-state index in [1.807, 2.05) is 44.2 Å². The van der Waals surface area contributed by atoms with Crippen LogP contribution in [0.1, 0.15) is 32.3 Å². The molecule has 0 saturated heterocycles. The molecule has 5 nitrogen and oxygen atoms in total. The van der Waals surface area contributed by atoms with Gasteiger partial charge < -0.3 is 15.4 Å². The van der Waals surface area contributed by atoms with Crippen LogP contribution in [0.2, 0.25) is 0 Å². The molecule has 0 atom stereocenters. The number of nitrogens with zero attached hydrogens (tertiary/aromatic N) is 1.